The van der Waals surface area contributed by atoms with Crippen LogP contribution in [0.2, 0.25) is 0 Å². The van der Waals surface area contributed by atoms with Crippen LogP contribution in [0, 0.1) is 40.4 Å². The SMILES string of the molecule is CCN1CC2(C)CCC(O)C34C5CC6C(OC)CC(OC(C)=O)(C5C6O)C(C(OC)C23)C14. The molecule has 1 saturated heterocycles. The Morgan fingerprint density at radius 3 is 2.56 bits per heavy atom. The maximum Gasteiger partial charge on any atom is 0.303 e. The van der Waals surface area contributed by atoms with Crippen LogP contribution in [0.3, 0.4) is 0 Å². The number of piperidine rings is 1. The number of esters is 1. The van der Waals surface area contributed by atoms with E-state index in [9.17, 15) is 15.0 Å². The van der Waals surface area contributed by atoms with Gasteiger partial charge in [-0.3, -0.25) is 9.69 Å². The molecule has 7 bridgehead atoms. The van der Waals surface area contributed by atoms with Crippen molar-refractivity contribution < 1.29 is 29.2 Å². The first-order chi connectivity index (χ1) is 15.2. The molecular formula is C25H39NO6. The lowest BCUT2D eigenvalue weighted by Crippen LogP contribution is -2.76. The molecule has 6 aliphatic rings. The van der Waals surface area contributed by atoms with Crippen LogP contribution >= 0.6 is 0 Å². The molecule has 0 aromatic heterocycles. The molecular weight excluding hydrogens is 410 g/mol. The number of aliphatic hydroxyl groups is 2. The van der Waals surface area contributed by atoms with E-state index in [0.717, 1.165) is 32.4 Å². The zero-order valence-corrected chi connectivity index (χ0v) is 20.0. The second kappa shape index (κ2) is 6.69. The van der Waals surface area contributed by atoms with E-state index in [4.69, 9.17) is 14.2 Å². The fourth-order valence-corrected chi connectivity index (χ4v) is 10.8. The number of ether oxygens (including phenoxy) is 3. The highest BCUT2D eigenvalue weighted by molar-refractivity contribution is 5.67. The van der Waals surface area contributed by atoms with Crippen molar-refractivity contribution in [3.8, 4) is 0 Å². The van der Waals surface area contributed by atoms with E-state index in [2.05, 4.69) is 18.7 Å². The molecule has 6 rings (SSSR count). The third-order valence-corrected chi connectivity index (χ3v) is 11.2. The van der Waals surface area contributed by atoms with Gasteiger partial charge >= 0.3 is 5.97 Å². The van der Waals surface area contributed by atoms with Crippen LogP contribution in [-0.4, -0.2) is 84.5 Å². The van der Waals surface area contributed by atoms with E-state index in [1.807, 2.05) is 0 Å². The summed E-state index contributed by atoms with van der Waals surface area (Å²) < 4.78 is 18.7. The van der Waals surface area contributed by atoms with Crippen LogP contribution in [0.15, 0.2) is 0 Å². The molecule has 180 valence electrons. The molecule has 0 aromatic rings. The Morgan fingerprint density at radius 2 is 1.94 bits per heavy atom. The van der Waals surface area contributed by atoms with E-state index in [0.29, 0.717) is 6.42 Å². The van der Waals surface area contributed by atoms with Crippen molar-refractivity contribution in [2.24, 2.45) is 40.4 Å². The first-order valence-corrected chi connectivity index (χ1v) is 12.6. The number of rotatable bonds is 4. The van der Waals surface area contributed by atoms with Crippen LogP contribution in [0.4, 0.5) is 0 Å². The molecule has 7 heteroatoms. The lowest BCUT2D eigenvalue weighted by Gasteiger charge is -2.68. The normalized spacial score (nSPS) is 59.8. The minimum atomic E-state index is -0.837. The number of fused-ring (bicyclic) bond motifs is 2. The number of methoxy groups -OCH3 is 2. The van der Waals surface area contributed by atoms with Gasteiger partial charge in [0.1, 0.15) is 5.60 Å². The molecule has 13 atom stereocenters. The standard InChI is InChI=1S/C25H39NO6/c1-6-26-11-23(3)8-7-16(28)25-14-9-13-15(30-4)10-24(32-12(2)27,17(14)19(13)29)18(22(25)26)20(31-5)21(23)25/h13-22,28-29H,6-11H2,1-5H3. The highest BCUT2D eigenvalue weighted by atomic mass is 16.6. The van der Waals surface area contributed by atoms with Crippen LogP contribution in [-0.2, 0) is 19.0 Å². The first-order valence-electron chi connectivity index (χ1n) is 12.6. The molecule has 7 nitrogen and oxygen atoms in total. The van der Waals surface area contributed by atoms with Crippen molar-refractivity contribution in [2.75, 3.05) is 27.3 Å². The second-order valence-corrected chi connectivity index (χ2v) is 12.0. The number of hydrogen-bond acceptors (Lipinski definition) is 7. The van der Waals surface area contributed by atoms with E-state index in [-0.39, 0.29) is 64.6 Å². The summed E-state index contributed by atoms with van der Waals surface area (Å²) in [5, 5.41) is 23.5. The highest BCUT2D eigenvalue weighted by Gasteiger charge is 2.86. The third kappa shape index (κ3) is 2.15. The zero-order valence-electron chi connectivity index (χ0n) is 20.0. The summed E-state index contributed by atoms with van der Waals surface area (Å²) in [6.45, 7) is 7.94. The summed E-state index contributed by atoms with van der Waals surface area (Å²) in [6.07, 6.45) is 1.86. The average molecular weight is 450 g/mol. The number of carbonyl (C=O) groups is 1. The highest BCUT2D eigenvalue weighted by Crippen LogP contribution is 2.79. The molecule has 0 radical (unpaired) electrons. The van der Waals surface area contributed by atoms with Gasteiger partial charge in [-0.2, -0.15) is 0 Å². The second-order valence-electron chi connectivity index (χ2n) is 12.0. The predicted octanol–water partition coefficient (Wildman–Crippen LogP) is 1.45. The molecule has 0 aromatic carbocycles. The summed E-state index contributed by atoms with van der Waals surface area (Å²) in [6, 6.07) is 0.0768. The Balaban J connectivity index is 1.65. The van der Waals surface area contributed by atoms with Gasteiger partial charge in [0.25, 0.3) is 0 Å². The van der Waals surface area contributed by atoms with Crippen molar-refractivity contribution in [2.45, 2.75) is 82.5 Å². The molecule has 0 amide bonds. The largest absolute Gasteiger partial charge is 0.458 e. The van der Waals surface area contributed by atoms with E-state index < -0.39 is 17.8 Å². The molecule has 1 heterocycles. The molecule has 1 aliphatic heterocycles. The van der Waals surface area contributed by atoms with Gasteiger partial charge in [-0.1, -0.05) is 13.8 Å². The molecule has 13 unspecified atom stereocenters. The number of likely N-dealkylation sites (tertiary alicyclic amines) is 1. The average Bonchev–Trinajstić information content (AvgIpc) is 3.15. The van der Waals surface area contributed by atoms with E-state index >= 15 is 0 Å². The van der Waals surface area contributed by atoms with E-state index in [1.54, 1.807) is 14.2 Å². The Labute approximate surface area is 190 Å². The molecule has 2 N–H and O–H groups in total. The Kier molecular flexibility index (Phi) is 4.55. The van der Waals surface area contributed by atoms with Crippen LogP contribution < -0.4 is 0 Å². The Hall–Kier alpha value is -0.730. The lowest BCUT2D eigenvalue weighted by atomic mass is 9.43. The number of hydrogen-bond donors (Lipinski definition) is 2. The van der Waals surface area contributed by atoms with Crippen LogP contribution in [0.25, 0.3) is 0 Å². The molecule has 5 aliphatic carbocycles. The van der Waals surface area contributed by atoms with Gasteiger partial charge in [0.2, 0.25) is 0 Å². The molecule has 1 spiro atoms. The minimum Gasteiger partial charge on any atom is -0.458 e. The maximum atomic E-state index is 12.6. The first kappa shape index (κ1) is 21.8. The zero-order chi connectivity index (χ0) is 22.8. The summed E-state index contributed by atoms with van der Waals surface area (Å²) in [7, 11) is 3.49. The van der Waals surface area contributed by atoms with E-state index in [1.165, 1.54) is 6.92 Å². The quantitative estimate of drug-likeness (QED) is 0.628. The predicted molar refractivity (Wildman–Crippen MR) is 116 cm³/mol. The molecule has 32 heavy (non-hydrogen) atoms. The van der Waals surface area contributed by atoms with Gasteiger partial charge in [0, 0.05) is 69.2 Å². The summed E-state index contributed by atoms with van der Waals surface area (Å²) in [4.78, 5) is 15.2. The van der Waals surface area contributed by atoms with Gasteiger partial charge in [-0.15, -0.1) is 0 Å². The smallest absolute Gasteiger partial charge is 0.303 e. The van der Waals surface area contributed by atoms with Crippen molar-refractivity contribution >= 4 is 5.97 Å². The Morgan fingerprint density at radius 1 is 1.19 bits per heavy atom. The van der Waals surface area contributed by atoms with Crippen molar-refractivity contribution in [3.63, 3.8) is 0 Å². The van der Waals surface area contributed by atoms with Gasteiger partial charge < -0.3 is 24.4 Å². The lowest BCUT2D eigenvalue weighted by molar-refractivity contribution is -0.272. The Bertz CT molecular complexity index is 822. The number of aliphatic hydroxyl groups excluding tert-OH is 2. The molecule has 5 saturated carbocycles. The van der Waals surface area contributed by atoms with Gasteiger partial charge in [-0.05, 0) is 37.1 Å². The van der Waals surface area contributed by atoms with Crippen LogP contribution in [0.5, 0.6) is 0 Å². The fraction of sp³-hybridized carbons (Fsp3) is 0.960. The summed E-state index contributed by atoms with van der Waals surface area (Å²) >= 11 is 0. The van der Waals surface area contributed by atoms with Crippen molar-refractivity contribution in [1.82, 2.24) is 4.90 Å². The van der Waals surface area contributed by atoms with Crippen molar-refractivity contribution in [3.05, 3.63) is 0 Å². The summed E-state index contributed by atoms with van der Waals surface area (Å²) in [5.74, 6) is -0.288. The molecule has 6 fully saturated rings. The van der Waals surface area contributed by atoms with Crippen molar-refractivity contribution in [1.29, 1.82) is 0 Å². The van der Waals surface area contributed by atoms with Crippen LogP contribution in [0.1, 0.15) is 46.5 Å². The summed E-state index contributed by atoms with van der Waals surface area (Å²) in [5.41, 5.74) is -1.16. The topological polar surface area (TPSA) is 88.5 Å². The monoisotopic (exact) mass is 449 g/mol. The third-order valence-electron chi connectivity index (χ3n) is 11.2. The number of carbonyl (C=O) groups excluding carboxylic acids is 1. The fourth-order valence-electron chi connectivity index (χ4n) is 10.8. The van der Waals surface area contributed by atoms with Gasteiger partial charge in [-0.25, -0.2) is 0 Å². The maximum absolute atomic E-state index is 12.6. The van der Waals surface area contributed by atoms with Gasteiger partial charge in [0.05, 0.1) is 24.4 Å². The number of nitrogens with zero attached hydrogens (tertiary/aromatic N) is 1. The van der Waals surface area contributed by atoms with Gasteiger partial charge in [0.15, 0.2) is 0 Å². The minimum absolute atomic E-state index is 0.0181.